The molecule has 3 amide bonds. The summed E-state index contributed by atoms with van der Waals surface area (Å²) in [7, 11) is 0. The first kappa shape index (κ1) is 24.3. The van der Waals surface area contributed by atoms with E-state index in [1.165, 1.54) is 13.0 Å². The summed E-state index contributed by atoms with van der Waals surface area (Å²) in [4.78, 5) is 48.6. The molecule has 3 N–H and O–H groups in total. The van der Waals surface area contributed by atoms with Crippen molar-refractivity contribution < 1.29 is 23.9 Å². The fraction of sp³-hybridized carbons (Fsp3) is 0.250. The number of ether oxygens (including phenoxy) is 1. The average Bonchev–Trinajstić information content (AvgIpc) is 2.76. The number of hydrogen-bond acceptors (Lipinski definition) is 5. The molecule has 168 valence electrons. The zero-order valence-electron chi connectivity index (χ0n) is 18.3. The van der Waals surface area contributed by atoms with E-state index in [1.54, 1.807) is 48.5 Å². The summed E-state index contributed by atoms with van der Waals surface area (Å²) in [6.45, 7) is 5.12. The van der Waals surface area contributed by atoms with Crippen LogP contribution < -0.4 is 16.0 Å². The van der Waals surface area contributed by atoms with Gasteiger partial charge in [0, 0.05) is 13.5 Å². The lowest BCUT2D eigenvalue weighted by Gasteiger charge is -2.13. The Bertz CT molecular complexity index is 1000. The van der Waals surface area contributed by atoms with Crippen molar-refractivity contribution in [3.8, 4) is 0 Å². The van der Waals surface area contributed by atoms with Gasteiger partial charge in [-0.25, -0.2) is 4.79 Å². The Kier molecular flexibility index (Phi) is 9.16. The van der Waals surface area contributed by atoms with Crippen LogP contribution in [0.15, 0.2) is 60.3 Å². The second kappa shape index (κ2) is 12.0. The lowest BCUT2D eigenvalue weighted by atomic mass is 10.1. The van der Waals surface area contributed by atoms with E-state index in [0.29, 0.717) is 23.4 Å². The highest BCUT2D eigenvalue weighted by molar-refractivity contribution is 6.04. The third-order valence-electron chi connectivity index (χ3n) is 4.09. The average molecular weight is 437 g/mol. The first-order chi connectivity index (χ1) is 15.3. The van der Waals surface area contributed by atoms with Crippen LogP contribution in [0.25, 0.3) is 6.08 Å². The van der Waals surface area contributed by atoms with Crippen molar-refractivity contribution in [2.24, 2.45) is 5.92 Å². The van der Waals surface area contributed by atoms with Crippen LogP contribution in [0.3, 0.4) is 0 Å². The maximum absolute atomic E-state index is 12.4. The molecule has 0 fully saturated rings. The van der Waals surface area contributed by atoms with Gasteiger partial charge in [0.1, 0.15) is 5.70 Å². The molecule has 0 bridgehead atoms. The van der Waals surface area contributed by atoms with Gasteiger partial charge in [0.05, 0.1) is 11.3 Å². The first-order valence-electron chi connectivity index (χ1n) is 10.1. The van der Waals surface area contributed by atoms with Crippen molar-refractivity contribution in [3.63, 3.8) is 0 Å². The fourth-order valence-corrected chi connectivity index (χ4v) is 2.63. The van der Waals surface area contributed by atoms with E-state index in [4.69, 9.17) is 4.74 Å². The second-order valence-electron chi connectivity index (χ2n) is 7.42. The van der Waals surface area contributed by atoms with Gasteiger partial charge in [0.15, 0.2) is 6.61 Å². The Hall–Kier alpha value is -3.94. The molecule has 0 aliphatic carbocycles. The van der Waals surface area contributed by atoms with Crippen molar-refractivity contribution in [1.82, 2.24) is 10.6 Å². The molecule has 0 heterocycles. The predicted molar refractivity (Wildman–Crippen MR) is 121 cm³/mol. The number of carbonyl (C=O) groups is 4. The molecule has 0 aromatic heterocycles. The van der Waals surface area contributed by atoms with Crippen molar-refractivity contribution in [1.29, 1.82) is 0 Å². The molecule has 2 aromatic rings. The van der Waals surface area contributed by atoms with E-state index in [9.17, 15) is 19.2 Å². The number of benzene rings is 2. The lowest BCUT2D eigenvalue weighted by Crippen LogP contribution is -2.30. The van der Waals surface area contributed by atoms with Gasteiger partial charge in [-0.1, -0.05) is 56.3 Å². The van der Waals surface area contributed by atoms with Crippen LogP contribution in [0.2, 0.25) is 0 Å². The van der Waals surface area contributed by atoms with E-state index in [1.807, 2.05) is 19.9 Å². The summed E-state index contributed by atoms with van der Waals surface area (Å²) in [5, 5.41) is 7.79. The van der Waals surface area contributed by atoms with Crippen LogP contribution in [0.4, 0.5) is 5.69 Å². The van der Waals surface area contributed by atoms with Gasteiger partial charge in [-0.15, -0.1) is 0 Å². The Morgan fingerprint density at radius 2 is 1.62 bits per heavy atom. The largest absolute Gasteiger partial charge is 0.451 e. The number of amides is 3. The quantitative estimate of drug-likeness (QED) is 0.412. The number of carbonyl (C=O) groups excluding carboxylic acids is 4. The molecule has 8 heteroatoms. The second-order valence-corrected chi connectivity index (χ2v) is 7.42. The predicted octanol–water partition coefficient (Wildman–Crippen LogP) is 2.73. The molecule has 0 aliphatic rings. The molecule has 0 atom stereocenters. The van der Waals surface area contributed by atoms with Gasteiger partial charge in [-0.2, -0.15) is 0 Å². The highest BCUT2D eigenvalue weighted by Crippen LogP contribution is 2.15. The summed E-state index contributed by atoms with van der Waals surface area (Å²) in [6.07, 6.45) is 1.45. The Labute approximate surface area is 187 Å². The topological polar surface area (TPSA) is 114 Å². The molecular weight excluding hydrogens is 410 g/mol. The molecule has 2 rings (SSSR count). The van der Waals surface area contributed by atoms with E-state index < -0.39 is 24.4 Å². The van der Waals surface area contributed by atoms with Gasteiger partial charge in [0.25, 0.3) is 11.8 Å². The van der Waals surface area contributed by atoms with Crippen molar-refractivity contribution in [2.75, 3.05) is 18.5 Å². The number of rotatable bonds is 9. The monoisotopic (exact) mass is 437 g/mol. The van der Waals surface area contributed by atoms with E-state index >= 15 is 0 Å². The van der Waals surface area contributed by atoms with Crippen LogP contribution in [0.5, 0.6) is 0 Å². The maximum atomic E-state index is 12.4. The smallest absolute Gasteiger partial charge is 0.355 e. The molecule has 0 saturated carbocycles. The summed E-state index contributed by atoms with van der Waals surface area (Å²) in [5.74, 6) is -1.96. The normalized spacial score (nSPS) is 10.9. The van der Waals surface area contributed by atoms with Crippen molar-refractivity contribution in [3.05, 3.63) is 71.4 Å². The SMILES string of the molecule is CC(=O)N/C(=C\c1ccccc1)C(=O)OCC(=O)Nc1ccccc1C(=O)NCC(C)C. The summed E-state index contributed by atoms with van der Waals surface area (Å²) >= 11 is 0. The van der Waals surface area contributed by atoms with Crippen molar-refractivity contribution in [2.45, 2.75) is 20.8 Å². The number of anilines is 1. The van der Waals surface area contributed by atoms with Crippen LogP contribution >= 0.6 is 0 Å². The number of para-hydroxylation sites is 1. The van der Waals surface area contributed by atoms with Gasteiger partial charge >= 0.3 is 5.97 Å². The van der Waals surface area contributed by atoms with E-state index in [2.05, 4.69) is 16.0 Å². The number of hydrogen-bond donors (Lipinski definition) is 3. The standard InChI is InChI=1S/C24H27N3O5/c1-16(2)14-25-23(30)19-11-7-8-12-20(19)27-22(29)15-32-24(31)21(26-17(3)28)13-18-9-5-4-6-10-18/h4-13,16H,14-15H2,1-3H3,(H,25,30)(H,26,28)(H,27,29)/b21-13-. The molecule has 32 heavy (non-hydrogen) atoms. The molecular formula is C24H27N3O5. The van der Waals surface area contributed by atoms with Crippen LogP contribution in [-0.2, 0) is 19.1 Å². The molecule has 0 radical (unpaired) electrons. The van der Waals surface area contributed by atoms with Gasteiger partial charge in [0.2, 0.25) is 5.91 Å². The molecule has 8 nitrogen and oxygen atoms in total. The molecule has 0 aliphatic heterocycles. The first-order valence-corrected chi connectivity index (χ1v) is 10.1. The third-order valence-corrected chi connectivity index (χ3v) is 4.09. The minimum absolute atomic E-state index is 0.0926. The highest BCUT2D eigenvalue weighted by Gasteiger charge is 2.17. The summed E-state index contributed by atoms with van der Waals surface area (Å²) in [6, 6.07) is 15.4. The highest BCUT2D eigenvalue weighted by atomic mass is 16.5. The number of esters is 1. The molecule has 0 spiro atoms. The third kappa shape index (κ3) is 8.06. The maximum Gasteiger partial charge on any atom is 0.355 e. The van der Waals surface area contributed by atoms with Gasteiger partial charge < -0.3 is 20.7 Å². The molecule has 0 unspecified atom stereocenters. The Balaban J connectivity index is 2.02. The summed E-state index contributed by atoms with van der Waals surface area (Å²) < 4.78 is 5.06. The minimum atomic E-state index is -0.859. The Morgan fingerprint density at radius 3 is 2.28 bits per heavy atom. The molecule has 2 aromatic carbocycles. The van der Waals surface area contributed by atoms with Gasteiger partial charge in [-0.3, -0.25) is 14.4 Å². The molecule has 0 saturated heterocycles. The van der Waals surface area contributed by atoms with Crippen LogP contribution in [0, 0.1) is 5.92 Å². The zero-order valence-corrected chi connectivity index (χ0v) is 18.3. The lowest BCUT2D eigenvalue weighted by molar-refractivity contribution is -0.144. The van der Waals surface area contributed by atoms with Crippen LogP contribution in [0.1, 0.15) is 36.7 Å². The Morgan fingerprint density at radius 1 is 0.969 bits per heavy atom. The van der Waals surface area contributed by atoms with E-state index in [-0.39, 0.29) is 17.5 Å². The fourth-order valence-electron chi connectivity index (χ4n) is 2.63. The van der Waals surface area contributed by atoms with Crippen LogP contribution in [-0.4, -0.2) is 36.8 Å². The van der Waals surface area contributed by atoms with Gasteiger partial charge in [-0.05, 0) is 29.7 Å². The minimum Gasteiger partial charge on any atom is -0.451 e. The zero-order chi connectivity index (χ0) is 23.5. The van der Waals surface area contributed by atoms with E-state index in [0.717, 1.165) is 0 Å². The summed E-state index contributed by atoms with van der Waals surface area (Å²) in [5.41, 5.74) is 1.19. The van der Waals surface area contributed by atoms with Crippen molar-refractivity contribution >= 4 is 35.5 Å². The number of nitrogens with one attached hydrogen (secondary N) is 3.